The van der Waals surface area contributed by atoms with Crippen LogP contribution in [0.2, 0.25) is 5.02 Å². The van der Waals surface area contributed by atoms with E-state index in [9.17, 15) is 5.11 Å². The van der Waals surface area contributed by atoms with E-state index in [4.69, 9.17) is 16.3 Å². The second-order valence-electron chi connectivity index (χ2n) is 6.74. The van der Waals surface area contributed by atoms with E-state index in [2.05, 4.69) is 18.2 Å². The van der Waals surface area contributed by atoms with E-state index in [1.165, 1.54) is 15.5 Å². The Hall–Kier alpha value is -1.07. The molecule has 1 aromatic heterocycles. The van der Waals surface area contributed by atoms with Crippen LogP contribution in [0.3, 0.4) is 0 Å². The van der Waals surface area contributed by atoms with Crippen molar-refractivity contribution in [3.63, 3.8) is 0 Å². The molecule has 1 heterocycles. The molecule has 0 aliphatic carbocycles. The molecule has 23 heavy (non-hydrogen) atoms. The zero-order valence-corrected chi connectivity index (χ0v) is 15.3. The molecule has 0 aliphatic rings. The van der Waals surface area contributed by atoms with Crippen LogP contribution in [0.5, 0.6) is 0 Å². The summed E-state index contributed by atoms with van der Waals surface area (Å²) in [5, 5.41) is 13.3. The lowest BCUT2D eigenvalue weighted by Crippen LogP contribution is -2.49. The average Bonchev–Trinajstić information content (AvgIpc) is 2.83. The van der Waals surface area contributed by atoms with Crippen molar-refractivity contribution in [3.8, 4) is 0 Å². The summed E-state index contributed by atoms with van der Waals surface area (Å²) in [4.78, 5) is 0. The lowest BCUT2D eigenvalue weighted by atomic mass is 9.82. The molecule has 3 aromatic rings. The van der Waals surface area contributed by atoms with Gasteiger partial charge < -0.3 is 9.76 Å². The number of benzene rings is 2. The fourth-order valence-electron chi connectivity index (χ4n) is 2.25. The Morgan fingerprint density at radius 2 is 1.74 bits per heavy atom. The van der Waals surface area contributed by atoms with E-state index < -0.39 is 11.2 Å². The van der Waals surface area contributed by atoms with Gasteiger partial charge in [0, 0.05) is 19.8 Å². The summed E-state index contributed by atoms with van der Waals surface area (Å²) in [5.74, 6) is 0. The SMILES string of the molecule is CC(C)(O)C(C)(C)O[B]c1c(Cl)ccc2c1sc1ccccc12. The van der Waals surface area contributed by atoms with E-state index in [0.717, 1.165) is 10.2 Å². The summed E-state index contributed by atoms with van der Waals surface area (Å²) < 4.78 is 8.24. The van der Waals surface area contributed by atoms with Crippen molar-refractivity contribution in [2.45, 2.75) is 38.9 Å². The van der Waals surface area contributed by atoms with E-state index in [1.54, 1.807) is 32.7 Å². The maximum absolute atomic E-state index is 10.2. The molecule has 0 aliphatic heterocycles. The fraction of sp³-hybridized carbons (Fsp3) is 0.333. The average molecular weight is 346 g/mol. The highest BCUT2D eigenvalue weighted by Crippen LogP contribution is 2.34. The molecule has 0 bridgehead atoms. The van der Waals surface area contributed by atoms with Gasteiger partial charge in [-0.25, -0.2) is 0 Å². The van der Waals surface area contributed by atoms with Crippen LogP contribution in [0.1, 0.15) is 27.7 Å². The molecule has 3 rings (SSSR count). The minimum absolute atomic E-state index is 0.649. The second-order valence-corrected chi connectivity index (χ2v) is 8.20. The lowest BCUT2D eigenvalue weighted by Gasteiger charge is -2.37. The van der Waals surface area contributed by atoms with Crippen molar-refractivity contribution >= 4 is 56.1 Å². The number of thiophene rings is 1. The first-order valence-corrected chi connectivity index (χ1v) is 8.73. The molecule has 0 fully saturated rings. The smallest absolute Gasteiger partial charge is 0.333 e. The minimum Gasteiger partial charge on any atom is -0.427 e. The predicted molar refractivity (Wildman–Crippen MR) is 101 cm³/mol. The summed E-state index contributed by atoms with van der Waals surface area (Å²) >= 11 is 8.11. The van der Waals surface area contributed by atoms with Gasteiger partial charge in [-0.1, -0.05) is 35.9 Å². The van der Waals surface area contributed by atoms with Gasteiger partial charge in [0.15, 0.2) is 0 Å². The monoisotopic (exact) mass is 345 g/mol. The van der Waals surface area contributed by atoms with E-state index in [1.807, 2.05) is 32.0 Å². The Morgan fingerprint density at radius 1 is 1.04 bits per heavy atom. The topological polar surface area (TPSA) is 29.5 Å². The highest BCUT2D eigenvalue weighted by Gasteiger charge is 2.36. The van der Waals surface area contributed by atoms with Gasteiger partial charge in [-0.15, -0.1) is 11.3 Å². The van der Waals surface area contributed by atoms with Crippen LogP contribution in [-0.2, 0) is 4.65 Å². The molecule has 1 radical (unpaired) electrons. The van der Waals surface area contributed by atoms with Crippen LogP contribution >= 0.6 is 22.9 Å². The molecule has 0 amide bonds. The quantitative estimate of drug-likeness (QED) is 0.705. The zero-order valence-electron chi connectivity index (χ0n) is 13.7. The predicted octanol–water partition coefficient (Wildman–Crippen LogP) is 4.52. The number of hydrogen-bond donors (Lipinski definition) is 1. The molecule has 0 saturated carbocycles. The Kier molecular flexibility index (Phi) is 4.22. The number of fused-ring (bicyclic) bond motifs is 3. The van der Waals surface area contributed by atoms with Crippen LogP contribution in [0, 0.1) is 0 Å². The normalized spacial score (nSPS) is 13.0. The highest BCUT2D eigenvalue weighted by molar-refractivity contribution is 7.27. The summed E-state index contributed by atoms with van der Waals surface area (Å²) in [7, 11) is 1.68. The van der Waals surface area contributed by atoms with Crippen molar-refractivity contribution < 1.29 is 9.76 Å². The lowest BCUT2D eigenvalue weighted by molar-refractivity contribution is -0.0893. The van der Waals surface area contributed by atoms with Crippen molar-refractivity contribution in [1.82, 2.24) is 0 Å². The summed E-state index contributed by atoms with van der Waals surface area (Å²) in [6.45, 7) is 7.20. The second kappa shape index (κ2) is 5.78. The first-order valence-electron chi connectivity index (χ1n) is 7.54. The zero-order chi connectivity index (χ0) is 16.8. The van der Waals surface area contributed by atoms with Crippen molar-refractivity contribution in [3.05, 3.63) is 41.4 Å². The van der Waals surface area contributed by atoms with Crippen LogP contribution in [-0.4, -0.2) is 23.8 Å². The summed E-state index contributed by atoms with van der Waals surface area (Å²) in [6.07, 6.45) is 0. The molecule has 0 unspecified atom stereocenters. The first-order chi connectivity index (χ1) is 10.7. The van der Waals surface area contributed by atoms with Gasteiger partial charge in [0.05, 0.1) is 11.2 Å². The third-order valence-electron chi connectivity index (χ3n) is 4.48. The Morgan fingerprint density at radius 3 is 2.43 bits per heavy atom. The fourth-order valence-corrected chi connectivity index (χ4v) is 3.71. The van der Waals surface area contributed by atoms with Crippen LogP contribution in [0.25, 0.3) is 20.2 Å². The van der Waals surface area contributed by atoms with Crippen LogP contribution in [0.15, 0.2) is 36.4 Å². The van der Waals surface area contributed by atoms with Gasteiger partial charge in [-0.05, 0) is 50.7 Å². The van der Waals surface area contributed by atoms with Crippen molar-refractivity contribution in [2.75, 3.05) is 0 Å². The van der Waals surface area contributed by atoms with E-state index in [-0.39, 0.29) is 0 Å². The third-order valence-corrected chi connectivity index (χ3v) is 6.03. The van der Waals surface area contributed by atoms with Crippen LogP contribution < -0.4 is 5.46 Å². The molecule has 5 heteroatoms. The van der Waals surface area contributed by atoms with Gasteiger partial charge in [0.25, 0.3) is 0 Å². The maximum atomic E-state index is 10.2. The summed E-state index contributed by atoms with van der Waals surface area (Å²) in [5.41, 5.74) is -0.832. The van der Waals surface area contributed by atoms with Gasteiger partial charge in [0.1, 0.15) is 0 Å². The Labute approximate surface area is 146 Å². The molecule has 2 nitrogen and oxygen atoms in total. The van der Waals surface area contributed by atoms with Gasteiger partial charge in [0.2, 0.25) is 0 Å². The highest BCUT2D eigenvalue weighted by atomic mass is 35.5. The number of halogens is 1. The Balaban J connectivity index is 2.05. The van der Waals surface area contributed by atoms with Gasteiger partial charge in [-0.2, -0.15) is 0 Å². The third kappa shape index (κ3) is 3.01. The molecule has 2 aromatic carbocycles. The van der Waals surface area contributed by atoms with Crippen LogP contribution in [0.4, 0.5) is 0 Å². The van der Waals surface area contributed by atoms with Gasteiger partial charge >= 0.3 is 7.48 Å². The molecule has 0 saturated heterocycles. The first kappa shape index (κ1) is 16.8. The molecule has 0 spiro atoms. The summed E-state index contributed by atoms with van der Waals surface area (Å²) in [6, 6.07) is 12.3. The number of aliphatic hydroxyl groups is 1. The molecule has 119 valence electrons. The Bertz CT molecular complexity index is 864. The standard InChI is InChI=1S/C18H19BClO2S/c1-17(2,21)18(3,4)22-19-15-13(20)10-9-12-11-7-5-6-8-14(11)23-16(12)15/h5-10,21H,1-4H3. The molecule has 0 atom stereocenters. The van der Waals surface area contributed by atoms with Gasteiger partial charge in [-0.3, -0.25) is 0 Å². The maximum Gasteiger partial charge on any atom is 0.333 e. The number of hydrogen-bond acceptors (Lipinski definition) is 3. The van der Waals surface area contributed by atoms with Crippen molar-refractivity contribution in [1.29, 1.82) is 0 Å². The molecular formula is C18H19BClO2S. The van der Waals surface area contributed by atoms with E-state index >= 15 is 0 Å². The molecule has 1 N–H and O–H groups in total. The van der Waals surface area contributed by atoms with E-state index in [0.29, 0.717) is 5.02 Å². The largest absolute Gasteiger partial charge is 0.427 e. The van der Waals surface area contributed by atoms with Crippen molar-refractivity contribution in [2.24, 2.45) is 0 Å². The number of rotatable bonds is 4. The minimum atomic E-state index is -0.968. The molecular weight excluding hydrogens is 327 g/mol.